The number of nitrogens with one attached hydrogen (secondary N) is 3. The maximum atomic E-state index is 12.3. The second-order valence-electron chi connectivity index (χ2n) is 5.68. The smallest absolute Gasteiger partial charge is 0.286 e. The molecule has 1 aliphatic heterocycles. The Kier molecular flexibility index (Phi) is 4.26. The molecular formula is C18H14BrN3O4. The number of amides is 2. The van der Waals surface area contributed by atoms with Gasteiger partial charge in [-0.3, -0.25) is 20.4 Å². The molecule has 0 bridgehead atoms. The average molecular weight is 416 g/mol. The monoisotopic (exact) mass is 415 g/mol. The van der Waals surface area contributed by atoms with E-state index in [2.05, 4.69) is 31.8 Å². The van der Waals surface area contributed by atoms with Crippen molar-refractivity contribution in [2.75, 3.05) is 13.2 Å². The Morgan fingerprint density at radius 2 is 1.69 bits per heavy atom. The molecule has 4 rings (SSSR count). The molecule has 0 aliphatic carbocycles. The molecule has 2 amide bonds. The van der Waals surface area contributed by atoms with Crippen LogP contribution < -0.4 is 20.3 Å². The highest BCUT2D eigenvalue weighted by Crippen LogP contribution is 2.30. The topological polar surface area (TPSA) is 92.5 Å². The fraction of sp³-hybridized carbons (Fsp3) is 0.111. The van der Waals surface area contributed by atoms with Crippen molar-refractivity contribution in [1.29, 1.82) is 0 Å². The first-order chi connectivity index (χ1) is 12.6. The molecule has 1 aromatic heterocycles. The number of hydrogen-bond donors (Lipinski definition) is 3. The minimum absolute atomic E-state index is 0.348. The van der Waals surface area contributed by atoms with E-state index in [1.54, 1.807) is 24.3 Å². The first-order valence-electron chi connectivity index (χ1n) is 7.89. The lowest BCUT2D eigenvalue weighted by atomic mass is 10.2. The fourth-order valence-corrected chi connectivity index (χ4v) is 3.04. The van der Waals surface area contributed by atoms with E-state index in [1.807, 2.05) is 18.2 Å². The molecule has 7 nitrogen and oxygen atoms in total. The standard InChI is InChI=1S/C18H14BrN3O4/c19-12-2-3-13-11(7-12)8-14(20-13)18(24)22-21-17(23)10-1-4-15-16(9-10)26-6-5-25-15/h1-4,7-9,20H,5-6H2,(H,21,23)(H,22,24). The van der Waals surface area contributed by atoms with Crippen LogP contribution in [0.2, 0.25) is 0 Å². The SMILES string of the molecule is O=C(NNC(=O)c1cc2cc(Br)ccc2[nH]1)c1ccc2c(c1)OCCO2. The molecule has 26 heavy (non-hydrogen) atoms. The van der Waals surface area contributed by atoms with Crippen LogP contribution in [0.15, 0.2) is 46.9 Å². The second kappa shape index (κ2) is 6.72. The van der Waals surface area contributed by atoms with Gasteiger partial charge in [-0.15, -0.1) is 0 Å². The average Bonchev–Trinajstić information content (AvgIpc) is 3.08. The van der Waals surface area contributed by atoms with E-state index >= 15 is 0 Å². The largest absolute Gasteiger partial charge is 0.486 e. The van der Waals surface area contributed by atoms with Crippen molar-refractivity contribution in [2.24, 2.45) is 0 Å². The van der Waals surface area contributed by atoms with E-state index in [1.165, 1.54) is 0 Å². The number of benzene rings is 2. The predicted octanol–water partition coefficient (Wildman–Crippen LogP) is 2.78. The van der Waals surface area contributed by atoms with E-state index < -0.39 is 11.8 Å². The van der Waals surface area contributed by atoms with Crippen LogP contribution >= 0.6 is 15.9 Å². The predicted molar refractivity (Wildman–Crippen MR) is 98.4 cm³/mol. The van der Waals surface area contributed by atoms with Crippen LogP contribution in [0, 0.1) is 0 Å². The van der Waals surface area contributed by atoms with Crippen molar-refractivity contribution < 1.29 is 19.1 Å². The lowest BCUT2D eigenvalue weighted by Crippen LogP contribution is -2.41. The number of H-pyrrole nitrogens is 1. The van der Waals surface area contributed by atoms with Gasteiger partial charge in [-0.2, -0.15) is 0 Å². The number of aromatic nitrogens is 1. The summed E-state index contributed by atoms with van der Waals surface area (Å²) >= 11 is 3.39. The summed E-state index contributed by atoms with van der Waals surface area (Å²) in [5.41, 5.74) is 6.33. The highest BCUT2D eigenvalue weighted by atomic mass is 79.9. The Morgan fingerprint density at radius 3 is 2.54 bits per heavy atom. The normalized spacial score (nSPS) is 12.7. The van der Waals surface area contributed by atoms with Gasteiger partial charge in [0.25, 0.3) is 11.8 Å². The summed E-state index contributed by atoms with van der Waals surface area (Å²) in [6.45, 7) is 0.918. The first-order valence-corrected chi connectivity index (χ1v) is 8.68. The van der Waals surface area contributed by atoms with Crippen LogP contribution in [-0.4, -0.2) is 30.0 Å². The zero-order valence-corrected chi connectivity index (χ0v) is 15.1. The number of rotatable bonds is 2. The molecule has 0 saturated carbocycles. The third-order valence-corrected chi connectivity index (χ3v) is 4.41. The number of halogens is 1. The molecule has 0 radical (unpaired) electrons. The maximum absolute atomic E-state index is 12.3. The highest BCUT2D eigenvalue weighted by molar-refractivity contribution is 9.10. The van der Waals surface area contributed by atoms with E-state index in [0.29, 0.717) is 36.0 Å². The number of ether oxygens (including phenoxy) is 2. The Bertz CT molecular complexity index is 1010. The molecule has 0 fully saturated rings. The zero-order valence-electron chi connectivity index (χ0n) is 13.5. The minimum atomic E-state index is -0.450. The first kappa shape index (κ1) is 16.5. The van der Waals surface area contributed by atoms with Gasteiger partial charge in [0.05, 0.1) is 0 Å². The lowest BCUT2D eigenvalue weighted by Gasteiger charge is -2.18. The molecule has 0 spiro atoms. The molecule has 3 aromatic rings. The molecule has 1 aliphatic rings. The Labute approximate surface area is 156 Å². The third kappa shape index (κ3) is 3.23. The summed E-state index contributed by atoms with van der Waals surface area (Å²) in [5, 5.41) is 0.891. The molecule has 0 unspecified atom stereocenters. The van der Waals surface area contributed by atoms with Crippen LogP contribution in [0.5, 0.6) is 11.5 Å². The van der Waals surface area contributed by atoms with Crippen molar-refractivity contribution >= 4 is 38.6 Å². The Morgan fingerprint density at radius 1 is 0.923 bits per heavy atom. The van der Waals surface area contributed by atoms with E-state index in [9.17, 15) is 9.59 Å². The molecule has 8 heteroatoms. The number of hydrazine groups is 1. The molecule has 2 heterocycles. The summed E-state index contributed by atoms with van der Waals surface area (Å²) in [6, 6.07) is 12.2. The highest BCUT2D eigenvalue weighted by Gasteiger charge is 2.16. The Hall–Kier alpha value is -3.00. The van der Waals surface area contributed by atoms with Crippen LogP contribution in [0.4, 0.5) is 0 Å². The molecule has 3 N–H and O–H groups in total. The van der Waals surface area contributed by atoms with Gasteiger partial charge in [0.2, 0.25) is 0 Å². The van der Waals surface area contributed by atoms with Gasteiger partial charge >= 0.3 is 0 Å². The summed E-state index contributed by atoms with van der Waals surface area (Å²) in [5.74, 6) is 0.217. The molecule has 2 aromatic carbocycles. The molecule has 132 valence electrons. The van der Waals surface area contributed by atoms with E-state index in [0.717, 1.165) is 15.4 Å². The van der Waals surface area contributed by atoms with Gasteiger partial charge in [0.15, 0.2) is 11.5 Å². The summed E-state index contributed by atoms with van der Waals surface area (Å²) < 4.78 is 11.8. The second-order valence-corrected chi connectivity index (χ2v) is 6.60. The van der Waals surface area contributed by atoms with Gasteiger partial charge in [0.1, 0.15) is 18.9 Å². The Balaban J connectivity index is 1.44. The number of carbonyl (C=O) groups excluding carboxylic acids is 2. The molecule has 0 atom stereocenters. The molecule has 0 saturated heterocycles. The van der Waals surface area contributed by atoms with Crippen molar-refractivity contribution in [3.63, 3.8) is 0 Å². The van der Waals surface area contributed by atoms with Crippen LogP contribution in [-0.2, 0) is 0 Å². The minimum Gasteiger partial charge on any atom is -0.486 e. The zero-order chi connectivity index (χ0) is 18.1. The van der Waals surface area contributed by atoms with Crippen molar-refractivity contribution in [1.82, 2.24) is 15.8 Å². The van der Waals surface area contributed by atoms with E-state index in [-0.39, 0.29) is 0 Å². The van der Waals surface area contributed by atoms with Crippen LogP contribution in [0.3, 0.4) is 0 Å². The van der Waals surface area contributed by atoms with Gasteiger partial charge in [-0.05, 0) is 42.5 Å². The van der Waals surface area contributed by atoms with Gasteiger partial charge < -0.3 is 14.5 Å². The van der Waals surface area contributed by atoms with Gasteiger partial charge in [0, 0.05) is 20.9 Å². The van der Waals surface area contributed by atoms with Crippen molar-refractivity contribution in [3.05, 3.63) is 58.2 Å². The summed E-state index contributed by atoms with van der Waals surface area (Å²) in [7, 11) is 0. The lowest BCUT2D eigenvalue weighted by molar-refractivity contribution is 0.0844. The fourth-order valence-electron chi connectivity index (χ4n) is 2.66. The summed E-state index contributed by atoms with van der Waals surface area (Å²) in [6.07, 6.45) is 0. The number of carbonyl (C=O) groups is 2. The number of aromatic amines is 1. The van der Waals surface area contributed by atoms with E-state index in [4.69, 9.17) is 9.47 Å². The van der Waals surface area contributed by atoms with Gasteiger partial charge in [-0.25, -0.2) is 0 Å². The number of fused-ring (bicyclic) bond motifs is 2. The van der Waals surface area contributed by atoms with Crippen molar-refractivity contribution in [3.8, 4) is 11.5 Å². The number of hydrogen-bond acceptors (Lipinski definition) is 4. The van der Waals surface area contributed by atoms with Gasteiger partial charge in [-0.1, -0.05) is 15.9 Å². The quantitative estimate of drug-likeness (QED) is 0.561. The summed E-state index contributed by atoms with van der Waals surface area (Å²) in [4.78, 5) is 27.5. The van der Waals surface area contributed by atoms with Crippen LogP contribution in [0.25, 0.3) is 10.9 Å². The van der Waals surface area contributed by atoms with Crippen molar-refractivity contribution in [2.45, 2.75) is 0 Å². The maximum Gasteiger partial charge on any atom is 0.286 e. The van der Waals surface area contributed by atoms with Crippen LogP contribution in [0.1, 0.15) is 20.8 Å². The molecular weight excluding hydrogens is 402 g/mol. The third-order valence-electron chi connectivity index (χ3n) is 3.92.